The van der Waals surface area contributed by atoms with Gasteiger partial charge in [-0.1, -0.05) is 37.8 Å². The molecule has 0 radical (unpaired) electrons. The zero-order chi connectivity index (χ0) is 20.6. The summed E-state index contributed by atoms with van der Waals surface area (Å²) in [7, 11) is 0. The van der Waals surface area contributed by atoms with E-state index in [2.05, 4.69) is 11.4 Å². The topological polar surface area (TPSA) is 79.9 Å². The Bertz CT molecular complexity index is 739. The van der Waals surface area contributed by atoms with Crippen LogP contribution >= 0.6 is 0 Å². The molecule has 1 aliphatic carbocycles. The van der Waals surface area contributed by atoms with Crippen molar-refractivity contribution in [1.29, 1.82) is 10.5 Å². The Morgan fingerprint density at radius 2 is 1.71 bits per heavy atom. The van der Waals surface area contributed by atoms with Gasteiger partial charge < -0.3 is 5.32 Å². The maximum absolute atomic E-state index is 13.0. The summed E-state index contributed by atoms with van der Waals surface area (Å²) in [6, 6.07) is 10.3. The van der Waals surface area contributed by atoms with E-state index in [9.17, 15) is 23.2 Å². The van der Waals surface area contributed by atoms with Crippen molar-refractivity contribution in [3.63, 3.8) is 0 Å². The average molecular weight is 392 g/mol. The number of alkyl halides is 3. The van der Waals surface area contributed by atoms with Crippen molar-refractivity contribution in [2.24, 2.45) is 0 Å². The van der Waals surface area contributed by atoms with Gasteiger partial charge in [0, 0.05) is 6.54 Å². The summed E-state index contributed by atoms with van der Waals surface area (Å²) in [6.45, 7) is -1.78. The predicted molar refractivity (Wildman–Crippen MR) is 96.7 cm³/mol. The molecule has 150 valence electrons. The fraction of sp³-hybridized carbons (Fsp3) is 0.550. The van der Waals surface area contributed by atoms with Gasteiger partial charge in [0.25, 0.3) is 0 Å². The zero-order valence-electron chi connectivity index (χ0n) is 15.6. The second kappa shape index (κ2) is 9.57. The third-order valence-corrected chi connectivity index (χ3v) is 4.81. The van der Waals surface area contributed by atoms with Gasteiger partial charge in [-0.2, -0.15) is 23.7 Å². The SMILES string of the molecule is N#Cc1ccc(CN(CC(=O)NC2(C#N)CCCCCC2)CC(F)(F)F)cc1. The first kappa shape index (κ1) is 21.7. The second-order valence-corrected chi connectivity index (χ2v) is 7.23. The summed E-state index contributed by atoms with van der Waals surface area (Å²) >= 11 is 0. The number of carbonyl (C=O) groups is 1. The molecule has 0 spiro atoms. The summed E-state index contributed by atoms with van der Waals surface area (Å²) in [5, 5.41) is 21.0. The van der Waals surface area contributed by atoms with Gasteiger partial charge in [-0.3, -0.25) is 9.69 Å². The number of halogens is 3. The van der Waals surface area contributed by atoms with Crippen molar-refractivity contribution < 1.29 is 18.0 Å². The lowest BCUT2D eigenvalue weighted by atomic mass is 9.92. The number of carbonyl (C=O) groups excluding carboxylic acids is 1. The minimum Gasteiger partial charge on any atom is -0.337 e. The number of hydrogen-bond acceptors (Lipinski definition) is 4. The maximum Gasteiger partial charge on any atom is 0.401 e. The standard InChI is InChI=1S/C20H23F3N4O/c21-20(22,23)15-27(12-17-7-5-16(11-24)6-8-17)13-18(28)26-19(14-25)9-3-1-2-4-10-19/h5-8H,1-4,9-10,12-13,15H2,(H,26,28). The molecule has 1 aliphatic rings. The molecular formula is C20H23F3N4O. The van der Waals surface area contributed by atoms with Crippen molar-refractivity contribution in [3.05, 3.63) is 35.4 Å². The molecule has 0 aromatic heterocycles. The number of nitrogens with one attached hydrogen (secondary N) is 1. The van der Waals surface area contributed by atoms with Crippen molar-refractivity contribution in [2.45, 2.75) is 56.8 Å². The lowest BCUT2D eigenvalue weighted by molar-refractivity contribution is -0.150. The molecule has 0 atom stereocenters. The molecule has 8 heteroatoms. The minimum atomic E-state index is -4.46. The highest BCUT2D eigenvalue weighted by molar-refractivity contribution is 5.79. The quantitative estimate of drug-likeness (QED) is 0.750. The van der Waals surface area contributed by atoms with Crippen LogP contribution in [0.5, 0.6) is 0 Å². The molecule has 2 rings (SSSR count). The van der Waals surface area contributed by atoms with Crippen LogP contribution in [0, 0.1) is 22.7 Å². The summed E-state index contributed by atoms with van der Waals surface area (Å²) in [5.41, 5.74) is -0.0138. The summed E-state index contributed by atoms with van der Waals surface area (Å²) in [4.78, 5) is 13.5. The maximum atomic E-state index is 13.0. The zero-order valence-corrected chi connectivity index (χ0v) is 15.6. The number of rotatable bonds is 6. The van der Waals surface area contributed by atoms with E-state index in [1.165, 1.54) is 12.1 Å². The molecule has 1 amide bonds. The molecule has 1 aromatic rings. The van der Waals surface area contributed by atoms with Crippen LogP contribution in [0.4, 0.5) is 13.2 Å². The first-order valence-corrected chi connectivity index (χ1v) is 9.26. The van der Waals surface area contributed by atoms with Gasteiger partial charge in [-0.05, 0) is 30.5 Å². The number of hydrogen-bond donors (Lipinski definition) is 1. The first-order valence-electron chi connectivity index (χ1n) is 9.26. The number of benzene rings is 1. The van der Waals surface area contributed by atoms with Crippen LogP contribution < -0.4 is 5.32 Å². The number of amides is 1. The van der Waals surface area contributed by atoms with E-state index in [4.69, 9.17) is 5.26 Å². The van der Waals surface area contributed by atoms with E-state index >= 15 is 0 Å². The van der Waals surface area contributed by atoms with Gasteiger partial charge in [0.2, 0.25) is 5.91 Å². The highest BCUT2D eigenvalue weighted by Crippen LogP contribution is 2.26. The van der Waals surface area contributed by atoms with E-state index in [0.717, 1.165) is 30.6 Å². The van der Waals surface area contributed by atoms with E-state index in [1.807, 2.05) is 6.07 Å². The van der Waals surface area contributed by atoms with Crippen LogP contribution in [0.1, 0.15) is 49.7 Å². The summed E-state index contributed by atoms with van der Waals surface area (Å²) < 4.78 is 38.9. The Hall–Kier alpha value is -2.58. The molecule has 28 heavy (non-hydrogen) atoms. The molecule has 1 saturated carbocycles. The lowest BCUT2D eigenvalue weighted by Gasteiger charge is -2.29. The van der Waals surface area contributed by atoms with Crippen LogP contribution in [0.2, 0.25) is 0 Å². The van der Waals surface area contributed by atoms with Crippen molar-refractivity contribution >= 4 is 5.91 Å². The third kappa shape index (κ3) is 6.86. The summed E-state index contributed by atoms with van der Waals surface area (Å²) in [6.07, 6.45) is 0.170. The number of nitrogens with zero attached hydrogens (tertiary/aromatic N) is 3. The average Bonchev–Trinajstić information content (AvgIpc) is 2.87. The Morgan fingerprint density at radius 3 is 2.21 bits per heavy atom. The largest absolute Gasteiger partial charge is 0.401 e. The fourth-order valence-electron chi connectivity index (χ4n) is 3.47. The Kier molecular flexibility index (Phi) is 7.42. The van der Waals surface area contributed by atoms with Crippen LogP contribution in [0.15, 0.2) is 24.3 Å². The fourth-order valence-corrected chi connectivity index (χ4v) is 3.47. The molecule has 0 heterocycles. The molecule has 0 unspecified atom stereocenters. The van der Waals surface area contributed by atoms with Gasteiger partial charge in [-0.15, -0.1) is 0 Å². The molecule has 5 nitrogen and oxygen atoms in total. The van der Waals surface area contributed by atoms with Gasteiger partial charge >= 0.3 is 6.18 Å². The highest BCUT2D eigenvalue weighted by Gasteiger charge is 2.35. The third-order valence-electron chi connectivity index (χ3n) is 4.81. The van der Waals surface area contributed by atoms with Gasteiger partial charge in [0.05, 0.1) is 30.8 Å². The highest BCUT2D eigenvalue weighted by atomic mass is 19.4. The van der Waals surface area contributed by atoms with Crippen LogP contribution in [-0.2, 0) is 11.3 Å². The Labute approximate surface area is 162 Å². The van der Waals surface area contributed by atoms with E-state index in [-0.39, 0.29) is 6.54 Å². The second-order valence-electron chi connectivity index (χ2n) is 7.23. The van der Waals surface area contributed by atoms with Gasteiger partial charge in [0.15, 0.2) is 0 Å². The smallest absolute Gasteiger partial charge is 0.337 e. The Balaban J connectivity index is 2.07. The molecule has 0 saturated heterocycles. The molecule has 1 fully saturated rings. The van der Waals surface area contributed by atoms with E-state index in [0.29, 0.717) is 24.0 Å². The monoisotopic (exact) mass is 392 g/mol. The lowest BCUT2D eigenvalue weighted by Crippen LogP contribution is -2.51. The van der Waals surface area contributed by atoms with Crippen molar-refractivity contribution in [3.8, 4) is 12.1 Å². The van der Waals surface area contributed by atoms with Crippen molar-refractivity contribution in [2.75, 3.05) is 13.1 Å². The minimum absolute atomic E-state index is 0.0851. The van der Waals surface area contributed by atoms with Crippen molar-refractivity contribution in [1.82, 2.24) is 10.2 Å². The normalized spacial score (nSPS) is 16.6. The van der Waals surface area contributed by atoms with E-state index < -0.39 is 30.7 Å². The molecule has 0 aliphatic heterocycles. The molecular weight excluding hydrogens is 369 g/mol. The molecule has 1 aromatic carbocycles. The summed E-state index contributed by atoms with van der Waals surface area (Å²) in [5.74, 6) is -0.582. The molecule has 1 N–H and O–H groups in total. The van der Waals surface area contributed by atoms with Gasteiger partial charge in [0.1, 0.15) is 5.54 Å². The predicted octanol–water partition coefficient (Wildman–Crippen LogP) is 3.66. The Morgan fingerprint density at radius 1 is 1.11 bits per heavy atom. The molecule has 0 bridgehead atoms. The number of nitriles is 2. The van der Waals surface area contributed by atoms with Crippen LogP contribution in [0.3, 0.4) is 0 Å². The van der Waals surface area contributed by atoms with Crippen LogP contribution in [0.25, 0.3) is 0 Å². The van der Waals surface area contributed by atoms with Crippen LogP contribution in [-0.4, -0.2) is 35.6 Å². The first-order chi connectivity index (χ1) is 13.3. The van der Waals surface area contributed by atoms with Gasteiger partial charge in [-0.25, -0.2) is 0 Å². The van der Waals surface area contributed by atoms with E-state index in [1.54, 1.807) is 12.1 Å².